The standard InChI is InChI=1S/C20H21NO5/c1-4-26-20(23)21-8-7-11-9-15(24-2)19(25-3)17-13-6-5-12(22)10-14(13)18(21)16(11)17/h5-6,9-10,18,22H,4,7-8H2,1-3H3. The predicted octanol–water partition coefficient (Wildman–Crippen LogP) is 3.49. The maximum absolute atomic E-state index is 12.6. The fourth-order valence-electron chi connectivity index (χ4n) is 4.10. The highest BCUT2D eigenvalue weighted by atomic mass is 16.6. The summed E-state index contributed by atoms with van der Waals surface area (Å²) in [4.78, 5) is 14.3. The molecule has 0 spiro atoms. The van der Waals surface area contributed by atoms with Crippen LogP contribution in [0.2, 0.25) is 0 Å². The molecule has 1 atom stereocenters. The molecule has 0 bridgehead atoms. The maximum atomic E-state index is 12.6. The van der Waals surface area contributed by atoms with Crippen molar-refractivity contribution in [3.05, 3.63) is 41.0 Å². The van der Waals surface area contributed by atoms with E-state index in [1.54, 1.807) is 38.2 Å². The van der Waals surface area contributed by atoms with Gasteiger partial charge in [-0.3, -0.25) is 4.90 Å². The fourth-order valence-corrected chi connectivity index (χ4v) is 4.10. The zero-order chi connectivity index (χ0) is 18.4. The Labute approximate surface area is 151 Å². The molecule has 0 fully saturated rings. The zero-order valence-electron chi connectivity index (χ0n) is 15.0. The summed E-state index contributed by atoms with van der Waals surface area (Å²) in [7, 11) is 3.23. The highest BCUT2D eigenvalue weighted by Gasteiger charge is 2.43. The molecular weight excluding hydrogens is 334 g/mol. The topological polar surface area (TPSA) is 68.2 Å². The van der Waals surface area contributed by atoms with Crippen molar-refractivity contribution in [2.45, 2.75) is 19.4 Å². The molecule has 1 aliphatic carbocycles. The number of benzene rings is 2. The average molecular weight is 355 g/mol. The first-order chi connectivity index (χ1) is 12.6. The molecule has 6 heteroatoms. The van der Waals surface area contributed by atoms with E-state index in [1.165, 1.54) is 0 Å². The Morgan fingerprint density at radius 1 is 1.27 bits per heavy atom. The van der Waals surface area contributed by atoms with Gasteiger partial charge in [-0.05, 0) is 53.8 Å². The summed E-state index contributed by atoms with van der Waals surface area (Å²) in [6, 6.07) is 6.92. The Bertz CT molecular complexity index is 892. The molecule has 0 saturated carbocycles. The summed E-state index contributed by atoms with van der Waals surface area (Å²) in [5.41, 5.74) is 4.90. The van der Waals surface area contributed by atoms with Crippen LogP contribution in [0, 0.1) is 0 Å². The average Bonchev–Trinajstić information content (AvgIpc) is 2.97. The third-order valence-electron chi connectivity index (χ3n) is 5.10. The van der Waals surface area contributed by atoms with Crippen molar-refractivity contribution < 1.29 is 24.1 Å². The number of nitrogens with zero attached hydrogens (tertiary/aromatic N) is 1. The summed E-state index contributed by atoms with van der Waals surface area (Å²) in [6.45, 7) is 2.66. The molecule has 136 valence electrons. The number of rotatable bonds is 3. The van der Waals surface area contributed by atoms with Crippen molar-refractivity contribution in [1.82, 2.24) is 4.90 Å². The Morgan fingerprint density at radius 2 is 2.08 bits per heavy atom. The number of phenolic OH excluding ortho intramolecular Hbond substituents is 1. The number of carbonyl (C=O) groups excluding carboxylic acids is 1. The van der Waals surface area contributed by atoms with Gasteiger partial charge in [0.05, 0.1) is 26.9 Å². The van der Waals surface area contributed by atoms with Gasteiger partial charge in [0.15, 0.2) is 11.5 Å². The van der Waals surface area contributed by atoms with Gasteiger partial charge < -0.3 is 19.3 Å². The molecule has 1 heterocycles. The second-order valence-corrected chi connectivity index (χ2v) is 6.38. The van der Waals surface area contributed by atoms with Gasteiger partial charge in [0.2, 0.25) is 0 Å². The van der Waals surface area contributed by atoms with Crippen molar-refractivity contribution >= 4 is 6.09 Å². The van der Waals surface area contributed by atoms with E-state index in [4.69, 9.17) is 14.2 Å². The predicted molar refractivity (Wildman–Crippen MR) is 95.9 cm³/mol. The lowest BCUT2D eigenvalue weighted by Gasteiger charge is -2.35. The lowest BCUT2D eigenvalue weighted by molar-refractivity contribution is 0.0944. The smallest absolute Gasteiger partial charge is 0.410 e. The molecule has 4 rings (SSSR count). The Hall–Kier alpha value is -2.89. The van der Waals surface area contributed by atoms with Gasteiger partial charge in [0.25, 0.3) is 0 Å². The summed E-state index contributed by atoms with van der Waals surface area (Å²) in [5.74, 6) is 1.48. The number of phenols is 1. The van der Waals surface area contributed by atoms with Gasteiger partial charge in [-0.25, -0.2) is 4.79 Å². The molecule has 2 aromatic carbocycles. The molecule has 26 heavy (non-hydrogen) atoms. The van der Waals surface area contributed by atoms with Crippen LogP contribution >= 0.6 is 0 Å². The lowest BCUT2D eigenvalue weighted by Crippen LogP contribution is -2.40. The number of methoxy groups -OCH3 is 2. The van der Waals surface area contributed by atoms with Gasteiger partial charge in [0, 0.05) is 12.1 Å². The van der Waals surface area contributed by atoms with Gasteiger partial charge in [-0.1, -0.05) is 6.07 Å². The number of aromatic hydroxyl groups is 1. The van der Waals surface area contributed by atoms with E-state index in [9.17, 15) is 9.90 Å². The van der Waals surface area contributed by atoms with Crippen molar-refractivity contribution in [2.24, 2.45) is 0 Å². The van der Waals surface area contributed by atoms with Crippen LogP contribution in [-0.2, 0) is 11.2 Å². The van der Waals surface area contributed by atoms with Gasteiger partial charge in [-0.15, -0.1) is 0 Å². The first-order valence-corrected chi connectivity index (χ1v) is 8.65. The zero-order valence-corrected chi connectivity index (χ0v) is 15.0. The first-order valence-electron chi connectivity index (χ1n) is 8.65. The molecule has 0 saturated heterocycles. The van der Waals surface area contributed by atoms with E-state index in [0.29, 0.717) is 31.1 Å². The van der Waals surface area contributed by atoms with Crippen LogP contribution in [0.15, 0.2) is 24.3 Å². The quantitative estimate of drug-likeness (QED) is 0.913. The van der Waals surface area contributed by atoms with Crippen LogP contribution in [0.25, 0.3) is 11.1 Å². The van der Waals surface area contributed by atoms with Crippen LogP contribution < -0.4 is 9.47 Å². The molecule has 2 aromatic rings. The monoisotopic (exact) mass is 355 g/mol. The maximum Gasteiger partial charge on any atom is 0.410 e. The fraction of sp³-hybridized carbons (Fsp3) is 0.350. The highest BCUT2D eigenvalue weighted by Crippen LogP contribution is 2.56. The van der Waals surface area contributed by atoms with Gasteiger partial charge in [-0.2, -0.15) is 0 Å². The lowest BCUT2D eigenvalue weighted by atomic mass is 9.91. The van der Waals surface area contributed by atoms with E-state index in [1.807, 2.05) is 12.1 Å². The van der Waals surface area contributed by atoms with Crippen molar-refractivity contribution in [2.75, 3.05) is 27.4 Å². The van der Waals surface area contributed by atoms with E-state index in [0.717, 1.165) is 27.8 Å². The van der Waals surface area contributed by atoms with E-state index in [2.05, 4.69) is 0 Å². The summed E-state index contributed by atoms with van der Waals surface area (Å²) in [6.07, 6.45) is 0.359. The number of carbonyl (C=O) groups is 1. The number of fused-ring (bicyclic) bond motifs is 3. The summed E-state index contributed by atoms with van der Waals surface area (Å²) in [5, 5.41) is 10.0. The molecule has 2 aliphatic rings. The SMILES string of the molecule is CCOC(=O)N1CCc2cc(OC)c(OC)c3c2C1c1cc(O)ccc1-3. The van der Waals surface area contributed by atoms with Crippen molar-refractivity contribution in [3.63, 3.8) is 0 Å². The van der Waals surface area contributed by atoms with Gasteiger partial charge in [0.1, 0.15) is 5.75 Å². The van der Waals surface area contributed by atoms with Crippen LogP contribution in [0.3, 0.4) is 0 Å². The molecule has 1 aliphatic heterocycles. The number of ether oxygens (including phenoxy) is 3. The number of amides is 1. The number of hydrogen-bond donors (Lipinski definition) is 1. The van der Waals surface area contributed by atoms with Crippen LogP contribution in [0.5, 0.6) is 17.2 Å². The third-order valence-corrected chi connectivity index (χ3v) is 5.10. The Kier molecular flexibility index (Phi) is 3.90. The largest absolute Gasteiger partial charge is 0.508 e. The molecule has 1 N–H and O–H groups in total. The second-order valence-electron chi connectivity index (χ2n) is 6.38. The highest BCUT2D eigenvalue weighted by molar-refractivity contribution is 5.89. The van der Waals surface area contributed by atoms with Crippen LogP contribution in [0.4, 0.5) is 4.79 Å². The number of hydrogen-bond acceptors (Lipinski definition) is 5. The third kappa shape index (κ3) is 2.21. The minimum Gasteiger partial charge on any atom is -0.508 e. The molecule has 0 aromatic heterocycles. The van der Waals surface area contributed by atoms with Gasteiger partial charge >= 0.3 is 6.09 Å². The normalized spacial score (nSPS) is 16.7. The molecule has 0 radical (unpaired) electrons. The van der Waals surface area contributed by atoms with Crippen LogP contribution in [-0.4, -0.2) is 43.5 Å². The summed E-state index contributed by atoms with van der Waals surface area (Å²) >= 11 is 0. The molecule has 1 unspecified atom stereocenters. The van der Waals surface area contributed by atoms with Crippen LogP contribution in [0.1, 0.15) is 29.7 Å². The summed E-state index contributed by atoms with van der Waals surface area (Å²) < 4.78 is 16.5. The minimum atomic E-state index is -0.347. The van der Waals surface area contributed by atoms with Crippen molar-refractivity contribution in [3.8, 4) is 28.4 Å². The van der Waals surface area contributed by atoms with E-state index < -0.39 is 0 Å². The van der Waals surface area contributed by atoms with Crippen molar-refractivity contribution in [1.29, 1.82) is 0 Å². The van der Waals surface area contributed by atoms with E-state index in [-0.39, 0.29) is 17.9 Å². The Morgan fingerprint density at radius 3 is 2.77 bits per heavy atom. The van der Waals surface area contributed by atoms with E-state index >= 15 is 0 Å². The Balaban J connectivity index is 2.00. The molecule has 6 nitrogen and oxygen atoms in total. The second kappa shape index (κ2) is 6.12. The minimum absolute atomic E-state index is 0.165. The first kappa shape index (κ1) is 16.6. The molecular formula is C20H21NO5. The molecule has 1 amide bonds.